The molecule has 5 rings (SSSR count). The zero-order valence-electron chi connectivity index (χ0n) is 15.1. The molecule has 2 aromatic heterocycles. The normalized spacial score (nSPS) is 33.1. The molecule has 27 heavy (non-hydrogen) atoms. The Balaban J connectivity index is 0.00000180. The number of fused-ring (bicyclic) bond motifs is 5. The van der Waals surface area contributed by atoms with Crippen molar-refractivity contribution in [3.05, 3.63) is 48.3 Å². The number of aliphatic hydroxyl groups is 1. The molecule has 3 saturated heterocycles. The molecule has 2 aromatic rings. The summed E-state index contributed by atoms with van der Waals surface area (Å²) in [6.45, 7) is 0. The summed E-state index contributed by atoms with van der Waals surface area (Å²) >= 11 is 0. The van der Waals surface area contributed by atoms with Crippen LogP contribution in [0.4, 0.5) is 0 Å². The van der Waals surface area contributed by atoms with Gasteiger partial charge in [-0.2, -0.15) is 0 Å². The molecule has 1 unspecified atom stereocenters. The van der Waals surface area contributed by atoms with Gasteiger partial charge in [-0.3, -0.25) is 0 Å². The van der Waals surface area contributed by atoms with Crippen LogP contribution in [0, 0.1) is 0 Å². The van der Waals surface area contributed by atoms with Gasteiger partial charge in [-0.1, -0.05) is 0 Å². The van der Waals surface area contributed by atoms with E-state index in [4.69, 9.17) is 18.3 Å². The van der Waals surface area contributed by atoms with E-state index in [1.54, 1.807) is 12.1 Å². The van der Waals surface area contributed by atoms with Gasteiger partial charge in [0.25, 0.3) is 5.60 Å². The zero-order valence-corrected chi connectivity index (χ0v) is 16.7. The Labute approximate surface area is 167 Å². The number of halogens is 1. The standard InChI is InChI=1S/C19H22NO6.BrH/c1-20(2)12-9-11(10-13(20)17-16(12)26-17)25-18(21)19(22,14-5-3-7-23-14)15-6-4-8-24-15;/h3-8,11-13,16-17,22H,9-10H2,1-2H3;1H/q+1;/p-1/t11?,12-,13+,16+,17-;. The van der Waals surface area contributed by atoms with Crippen molar-refractivity contribution < 1.29 is 49.7 Å². The largest absolute Gasteiger partial charge is 1.00 e. The van der Waals surface area contributed by atoms with Gasteiger partial charge in [-0.25, -0.2) is 4.79 Å². The van der Waals surface area contributed by atoms with E-state index >= 15 is 0 Å². The fourth-order valence-electron chi connectivity index (χ4n) is 4.83. The number of piperidine rings is 1. The Morgan fingerprint density at radius 2 is 1.63 bits per heavy atom. The van der Waals surface area contributed by atoms with Crippen LogP contribution in [0.1, 0.15) is 24.4 Å². The molecule has 0 saturated carbocycles. The first-order valence-corrected chi connectivity index (χ1v) is 8.92. The Morgan fingerprint density at radius 1 is 1.11 bits per heavy atom. The third-order valence-electron chi connectivity index (χ3n) is 6.36. The van der Waals surface area contributed by atoms with E-state index in [1.807, 2.05) is 0 Å². The monoisotopic (exact) mass is 439 g/mol. The summed E-state index contributed by atoms with van der Waals surface area (Å²) in [7, 11) is 4.43. The molecular weight excluding hydrogens is 418 g/mol. The van der Waals surface area contributed by atoms with Crippen molar-refractivity contribution >= 4 is 5.97 Å². The topological polar surface area (TPSA) is 85.3 Å². The van der Waals surface area contributed by atoms with E-state index in [0.717, 1.165) is 17.3 Å². The summed E-state index contributed by atoms with van der Waals surface area (Å²) in [5.41, 5.74) is -2.09. The van der Waals surface area contributed by atoms with E-state index in [0.29, 0.717) is 12.1 Å². The number of furan rings is 2. The number of carbonyl (C=O) groups excluding carboxylic acids is 1. The van der Waals surface area contributed by atoms with Gasteiger partial charge in [0.1, 0.15) is 30.4 Å². The Hall–Kier alpha value is -1.61. The number of hydrogen-bond acceptors (Lipinski definition) is 6. The predicted octanol–water partition coefficient (Wildman–Crippen LogP) is -1.59. The lowest BCUT2D eigenvalue weighted by Crippen LogP contribution is -3.00. The lowest BCUT2D eigenvalue weighted by atomic mass is 9.95. The third-order valence-corrected chi connectivity index (χ3v) is 6.36. The molecule has 7 nitrogen and oxygen atoms in total. The number of hydrogen-bond donors (Lipinski definition) is 1. The molecule has 2 bridgehead atoms. The van der Waals surface area contributed by atoms with E-state index < -0.39 is 11.6 Å². The van der Waals surface area contributed by atoms with Crippen LogP contribution in [0.3, 0.4) is 0 Å². The van der Waals surface area contributed by atoms with Gasteiger partial charge in [-0.05, 0) is 24.3 Å². The lowest BCUT2D eigenvalue weighted by Gasteiger charge is -2.45. The van der Waals surface area contributed by atoms with Crippen LogP contribution in [-0.4, -0.2) is 60.0 Å². The smallest absolute Gasteiger partial charge is 0.354 e. The minimum Gasteiger partial charge on any atom is -1.00 e. The van der Waals surface area contributed by atoms with Crippen molar-refractivity contribution in [2.75, 3.05) is 14.1 Å². The summed E-state index contributed by atoms with van der Waals surface area (Å²) in [5, 5.41) is 11.2. The summed E-state index contributed by atoms with van der Waals surface area (Å²) in [4.78, 5) is 13.0. The fourth-order valence-corrected chi connectivity index (χ4v) is 4.83. The molecule has 3 aliphatic heterocycles. The minimum absolute atomic E-state index is 0. The highest BCUT2D eigenvalue weighted by Crippen LogP contribution is 2.51. The molecule has 146 valence electrons. The van der Waals surface area contributed by atoms with Crippen LogP contribution in [-0.2, 0) is 19.9 Å². The molecule has 0 spiro atoms. The van der Waals surface area contributed by atoms with Gasteiger partial charge >= 0.3 is 5.97 Å². The average Bonchev–Trinajstić information content (AvgIpc) is 2.98. The quantitative estimate of drug-likeness (QED) is 0.351. The summed E-state index contributed by atoms with van der Waals surface area (Å²) in [6.07, 6.45) is 4.55. The number of morpholine rings is 1. The maximum Gasteiger partial charge on any atom is 0.354 e. The molecule has 0 aliphatic carbocycles. The number of nitrogens with zero attached hydrogens (tertiary/aromatic N) is 1. The molecule has 0 aromatic carbocycles. The van der Waals surface area contributed by atoms with Gasteiger partial charge in [0.15, 0.2) is 11.5 Å². The van der Waals surface area contributed by atoms with Crippen LogP contribution in [0.5, 0.6) is 0 Å². The maximum absolute atomic E-state index is 13.0. The van der Waals surface area contributed by atoms with Crippen molar-refractivity contribution in [1.29, 1.82) is 0 Å². The molecule has 3 aliphatic rings. The van der Waals surface area contributed by atoms with E-state index in [2.05, 4.69) is 14.1 Å². The first-order chi connectivity index (χ1) is 12.4. The second kappa shape index (κ2) is 6.20. The SMILES string of the molecule is C[N+]1(C)[C@@H]2CC(OC(=O)C(O)(c3ccco3)c3ccco3)C[C@H]1[C@H]1O[C@H]12.[Br-]. The molecule has 5 heterocycles. The van der Waals surface area contributed by atoms with Gasteiger partial charge in [-0.15, -0.1) is 0 Å². The molecule has 8 heteroatoms. The zero-order chi connectivity index (χ0) is 18.1. The maximum atomic E-state index is 13.0. The van der Waals surface area contributed by atoms with E-state index in [1.165, 1.54) is 24.7 Å². The molecule has 3 fully saturated rings. The average molecular weight is 440 g/mol. The minimum atomic E-state index is -2.09. The van der Waals surface area contributed by atoms with Crippen molar-refractivity contribution in [3.8, 4) is 0 Å². The van der Waals surface area contributed by atoms with Gasteiger partial charge in [0.2, 0.25) is 0 Å². The molecule has 0 amide bonds. The number of esters is 1. The first kappa shape index (κ1) is 18.7. The summed E-state index contributed by atoms with van der Waals surface area (Å²) < 4.78 is 23.1. The number of quaternary nitrogens is 1. The van der Waals surface area contributed by atoms with Crippen LogP contribution < -0.4 is 17.0 Å². The number of epoxide rings is 1. The molecule has 1 N–H and O–H groups in total. The number of rotatable bonds is 4. The van der Waals surface area contributed by atoms with Crippen LogP contribution >= 0.6 is 0 Å². The third kappa shape index (κ3) is 2.61. The van der Waals surface area contributed by atoms with Crippen molar-refractivity contribution in [2.24, 2.45) is 0 Å². The molecular formula is C19H22BrNO6. The van der Waals surface area contributed by atoms with Crippen LogP contribution in [0.15, 0.2) is 45.6 Å². The van der Waals surface area contributed by atoms with Crippen molar-refractivity contribution in [3.63, 3.8) is 0 Å². The van der Waals surface area contributed by atoms with Crippen LogP contribution in [0.25, 0.3) is 0 Å². The van der Waals surface area contributed by atoms with Gasteiger partial charge in [0, 0.05) is 12.8 Å². The van der Waals surface area contributed by atoms with Gasteiger partial charge in [0.05, 0.1) is 26.6 Å². The molecule has 5 atom stereocenters. The van der Waals surface area contributed by atoms with Gasteiger partial charge < -0.3 is 44.9 Å². The fraction of sp³-hybridized carbons (Fsp3) is 0.526. The predicted molar refractivity (Wildman–Crippen MR) is 87.9 cm³/mol. The molecule has 0 radical (unpaired) electrons. The lowest BCUT2D eigenvalue weighted by molar-refractivity contribution is -0.938. The summed E-state index contributed by atoms with van der Waals surface area (Å²) in [6, 6.07) is 6.94. The number of carbonyl (C=O) groups is 1. The summed E-state index contributed by atoms with van der Waals surface area (Å²) in [5.74, 6) is -0.606. The van der Waals surface area contributed by atoms with Crippen LogP contribution in [0.2, 0.25) is 0 Å². The second-order valence-electron chi connectivity index (χ2n) is 7.99. The number of ether oxygens (including phenoxy) is 2. The second-order valence-corrected chi connectivity index (χ2v) is 7.99. The highest BCUT2D eigenvalue weighted by atomic mass is 79.9. The highest BCUT2D eigenvalue weighted by molar-refractivity contribution is 5.83. The van der Waals surface area contributed by atoms with Crippen molar-refractivity contribution in [2.45, 2.75) is 48.8 Å². The Morgan fingerprint density at radius 3 is 2.07 bits per heavy atom. The van der Waals surface area contributed by atoms with E-state index in [-0.39, 0.29) is 46.8 Å². The first-order valence-electron chi connectivity index (χ1n) is 8.92. The highest BCUT2D eigenvalue weighted by Gasteiger charge is 2.71. The van der Waals surface area contributed by atoms with Crippen molar-refractivity contribution in [1.82, 2.24) is 0 Å². The van der Waals surface area contributed by atoms with E-state index in [9.17, 15) is 9.90 Å². The number of likely N-dealkylation sites (N-methyl/N-ethyl adjacent to an activating group) is 1. The Bertz CT molecular complexity index is 763. The Kier molecular flexibility index (Phi) is 4.30.